The number of hydrogen-bond donors (Lipinski definition) is 1. The van der Waals surface area contributed by atoms with Crippen LogP contribution < -0.4 is 5.32 Å². The van der Waals surface area contributed by atoms with E-state index < -0.39 is 0 Å². The lowest BCUT2D eigenvalue weighted by Gasteiger charge is -2.34. The monoisotopic (exact) mass is 227 g/mol. The van der Waals surface area contributed by atoms with Crippen molar-refractivity contribution in [3.8, 4) is 0 Å². The minimum atomic E-state index is 0.663. The Kier molecular flexibility index (Phi) is 5.73. The average Bonchev–Trinajstić information content (AvgIpc) is 2.33. The second-order valence-electron chi connectivity index (χ2n) is 5.66. The van der Waals surface area contributed by atoms with E-state index >= 15 is 0 Å². The first-order chi connectivity index (χ1) is 7.54. The lowest BCUT2D eigenvalue weighted by Crippen LogP contribution is -2.45. The first-order valence-corrected chi connectivity index (χ1v) is 6.63. The summed E-state index contributed by atoms with van der Waals surface area (Å²) in [4.78, 5) is 5.18. The van der Waals surface area contributed by atoms with E-state index in [9.17, 15) is 0 Å². The maximum absolute atomic E-state index is 3.28. The third-order valence-electron chi connectivity index (χ3n) is 3.53. The molecule has 96 valence electrons. The molecule has 0 radical (unpaired) electrons. The van der Waals surface area contributed by atoms with Crippen LogP contribution in [0, 0.1) is 5.92 Å². The van der Waals surface area contributed by atoms with Crippen LogP contribution in [-0.4, -0.2) is 62.2 Å². The van der Waals surface area contributed by atoms with Crippen LogP contribution in [0.15, 0.2) is 0 Å². The molecule has 0 bridgehead atoms. The molecule has 1 heterocycles. The van der Waals surface area contributed by atoms with Gasteiger partial charge in [0.15, 0.2) is 0 Å². The Labute approximate surface area is 101 Å². The molecule has 3 nitrogen and oxygen atoms in total. The minimum Gasteiger partial charge on any atom is -0.320 e. The predicted octanol–water partition coefficient (Wildman–Crippen LogP) is 1.26. The normalized spacial score (nSPS) is 29.6. The molecule has 1 fully saturated rings. The SMILES string of the molecule is CNCCC1CN(C)CC(C)CN1C(C)C. The second-order valence-corrected chi connectivity index (χ2v) is 5.66. The molecule has 1 aliphatic rings. The summed E-state index contributed by atoms with van der Waals surface area (Å²) in [6.45, 7) is 11.8. The van der Waals surface area contributed by atoms with Crippen LogP contribution in [0.2, 0.25) is 0 Å². The Morgan fingerprint density at radius 2 is 1.94 bits per heavy atom. The first kappa shape index (κ1) is 13.9. The third-order valence-corrected chi connectivity index (χ3v) is 3.53. The zero-order chi connectivity index (χ0) is 12.1. The number of likely N-dealkylation sites (N-methyl/N-ethyl adjacent to an activating group) is 1. The van der Waals surface area contributed by atoms with E-state index in [-0.39, 0.29) is 0 Å². The highest BCUT2D eigenvalue weighted by atomic mass is 15.3. The van der Waals surface area contributed by atoms with Gasteiger partial charge in [-0.25, -0.2) is 0 Å². The van der Waals surface area contributed by atoms with Gasteiger partial charge in [-0.05, 0) is 46.8 Å². The number of hydrogen-bond acceptors (Lipinski definition) is 3. The minimum absolute atomic E-state index is 0.663. The molecule has 0 aliphatic carbocycles. The zero-order valence-electron chi connectivity index (χ0n) is 11.7. The summed E-state index contributed by atoms with van der Waals surface area (Å²) in [5.41, 5.74) is 0. The van der Waals surface area contributed by atoms with Gasteiger partial charge in [0.1, 0.15) is 0 Å². The maximum Gasteiger partial charge on any atom is 0.0237 e. The van der Waals surface area contributed by atoms with Crippen molar-refractivity contribution in [2.24, 2.45) is 5.92 Å². The largest absolute Gasteiger partial charge is 0.320 e. The van der Waals surface area contributed by atoms with Crippen LogP contribution in [0.1, 0.15) is 27.2 Å². The fraction of sp³-hybridized carbons (Fsp3) is 1.00. The van der Waals surface area contributed by atoms with Crippen molar-refractivity contribution >= 4 is 0 Å². The molecule has 0 saturated carbocycles. The summed E-state index contributed by atoms with van der Waals surface area (Å²) in [6, 6.07) is 1.37. The van der Waals surface area contributed by atoms with E-state index in [1.165, 1.54) is 26.1 Å². The van der Waals surface area contributed by atoms with Crippen LogP contribution in [0.3, 0.4) is 0 Å². The van der Waals surface area contributed by atoms with Gasteiger partial charge >= 0.3 is 0 Å². The fourth-order valence-electron chi connectivity index (χ4n) is 2.84. The number of nitrogens with one attached hydrogen (secondary N) is 1. The van der Waals surface area contributed by atoms with E-state index in [0.29, 0.717) is 12.1 Å². The van der Waals surface area contributed by atoms with Crippen molar-refractivity contribution in [1.82, 2.24) is 15.1 Å². The Bertz CT molecular complexity index is 194. The van der Waals surface area contributed by atoms with Gasteiger partial charge in [0, 0.05) is 31.7 Å². The van der Waals surface area contributed by atoms with Crippen molar-refractivity contribution in [3.63, 3.8) is 0 Å². The van der Waals surface area contributed by atoms with Gasteiger partial charge in [-0.15, -0.1) is 0 Å². The molecular formula is C13H29N3. The Morgan fingerprint density at radius 3 is 2.50 bits per heavy atom. The van der Waals surface area contributed by atoms with E-state index in [2.05, 4.69) is 42.9 Å². The summed E-state index contributed by atoms with van der Waals surface area (Å²) < 4.78 is 0. The molecule has 3 heteroatoms. The molecule has 0 aromatic carbocycles. The highest BCUT2D eigenvalue weighted by Crippen LogP contribution is 2.17. The molecular weight excluding hydrogens is 198 g/mol. The second kappa shape index (κ2) is 6.58. The highest BCUT2D eigenvalue weighted by molar-refractivity contribution is 4.83. The van der Waals surface area contributed by atoms with Gasteiger partial charge in [-0.2, -0.15) is 0 Å². The predicted molar refractivity (Wildman–Crippen MR) is 70.8 cm³/mol. The van der Waals surface area contributed by atoms with Gasteiger partial charge in [0.05, 0.1) is 0 Å². The molecule has 1 rings (SSSR count). The molecule has 16 heavy (non-hydrogen) atoms. The van der Waals surface area contributed by atoms with Gasteiger partial charge in [0.2, 0.25) is 0 Å². The molecule has 0 spiro atoms. The Balaban J connectivity index is 2.65. The fourth-order valence-corrected chi connectivity index (χ4v) is 2.84. The van der Waals surface area contributed by atoms with Crippen LogP contribution in [-0.2, 0) is 0 Å². The summed E-state index contributed by atoms with van der Waals surface area (Å²) in [5.74, 6) is 0.784. The lowest BCUT2D eigenvalue weighted by atomic mass is 10.1. The molecule has 2 atom stereocenters. The molecule has 1 N–H and O–H groups in total. The van der Waals surface area contributed by atoms with E-state index in [0.717, 1.165) is 12.5 Å². The van der Waals surface area contributed by atoms with Gasteiger partial charge < -0.3 is 10.2 Å². The molecule has 0 aromatic heterocycles. The number of nitrogens with zero attached hydrogens (tertiary/aromatic N) is 2. The smallest absolute Gasteiger partial charge is 0.0237 e. The van der Waals surface area contributed by atoms with Crippen LogP contribution >= 0.6 is 0 Å². The average molecular weight is 227 g/mol. The quantitative estimate of drug-likeness (QED) is 0.780. The van der Waals surface area contributed by atoms with Crippen molar-refractivity contribution in [2.75, 3.05) is 40.3 Å². The van der Waals surface area contributed by atoms with Crippen molar-refractivity contribution < 1.29 is 0 Å². The summed E-state index contributed by atoms with van der Waals surface area (Å²) >= 11 is 0. The van der Waals surface area contributed by atoms with Crippen molar-refractivity contribution in [3.05, 3.63) is 0 Å². The third kappa shape index (κ3) is 4.04. The van der Waals surface area contributed by atoms with Crippen LogP contribution in [0.5, 0.6) is 0 Å². The van der Waals surface area contributed by atoms with E-state index in [1.807, 2.05) is 7.05 Å². The van der Waals surface area contributed by atoms with Gasteiger partial charge in [-0.1, -0.05) is 6.92 Å². The molecule has 2 unspecified atom stereocenters. The molecule has 1 aliphatic heterocycles. The van der Waals surface area contributed by atoms with Crippen molar-refractivity contribution in [1.29, 1.82) is 0 Å². The molecule has 0 amide bonds. The van der Waals surface area contributed by atoms with E-state index in [1.54, 1.807) is 0 Å². The summed E-state index contributed by atoms with van der Waals surface area (Å²) in [6.07, 6.45) is 1.26. The lowest BCUT2D eigenvalue weighted by molar-refractivity contribution is 0.135. The molecule has 1 saturated heterocycles. The van der Waals surface area contributed by atoms with E-state index in [4.69, 9.17) is 0 Å². The maximum atomic E-state index is 3.28. The van der Waals surface area contributed by atoms with Gasteiger partial charge in [-0.3, -0.25) is 4.90 Å². The Morgan fingerprint density at radius 1 is 1.25 bits per heavy atom. The standard InChI is InChI=1S/C13H29N3/c1-11(2)16-9-12(3)8-15(5)10-13(16)6-7-14-4/h11-14H,6-10H2,1-5H3. The molecule has 0 aromatic rings. The zero-order valence-corrected chi connectivity index (χ0v) is 11.7. The first-order valence-electron chi connectivity index (χ1n) is 6.63. The van der Waals surface area contributed by atoms with Crippen LogP contribution in [0.25, 0.3) is 0 Å². The van der Waals surface area contributed by atoms with Crippen LogP contribution in [0.4, 0.5) is 0 Å². The topological polar surface area (TPSA) is 18.5 Å². The van der Waals surface area contributed by atoms with Gasteiger partial charge in [0.25, 0.3) is 0 Å². The summed E-state index contributed by atoms with van der Waals surface area (Å²) in [7, 11) is 4.30. The van der Waals surface area contributed by atoms with Crippen molar-refractivity contribution in [2.45, 2.75) is 39.3 Å². The highest BCUT2D eigenvalue weighted by Gasteiger charge is 2.27. The number of rotatable bonds is 4. The summed E-state index contributed by atoms with van der Waals surface area (Å²) in [5, 5.41) is 3.28. The Hall–Kier alpha value is -0.120.